The van der Waals surface area contributed by atoms with Gasteiger partial charge in [0.05, 0.1) is 0 Å². The summed E-state index contributed by atoms with van der Waals surface area (Å²) in [6.45, 7) is 1.83. The molecule has 0 unspecified atom stereocenters. The topological polar surface area (TPSA) is 66.9 Å². The summed E-state index contributed by atoms with van der Waals surface area (Å²) in [5.41, 5.74) is 4.47. The molecule has 2 heterocycles. The van der Waals surface area contributed by atoms with E-state index >= 15 is 0 Å². The third-order valence-corrected chi connectivity index (χ3v) is 5.41. The smallest absolute Gasteiger partial charge is 0.257 e. The Morgan fingerprint density at radius 3 is 2.85 bits per heavy atom. The number of aryl methyl sites for hydroxylation is 2. The van der Waals surface area contributed by atoms with Gasteiger partial charge in [0.25, 0.3) is 5.91 Å². The molecule has 2 aromatic carbocycles. The first-order valence-electron chi connectivity index (χ1n) is 8.78. The van der Waals surface area contributed by atoms with Gasteiger partial charge in [-0.15, -0.1) is 10.2 Å². The van der Waals surface area contributed by atoms with Crippen molar-refractivity contribution in [3.8, 4) is 0 Å². The van der Waals surface area contributed by atoms with Crippen LogP contribution in [0.5, 0.6) is 0 Å². The highest BCUT2D eigenvalue weighted by Gasteiger charge is 2.14. The lowest BCUT2D eigenvalue weighted by Crippen LogP contribution is -2.24. The van der Waals surface area contributed by atoms with Gasteiger partial charge < -0.3 is 5.32 Å². The molecule has 0 aliphatic carbocycles. The number of hydrogen-bond acceptors (Lipinski definition) is 5. The highest BCUT2D eigenvalue weighted by molar-refractivity contribution is 7.15. The van der Waals surface area contributed by atoms with Gasteiger partial charge in [-0.25, -0.2) is 0 Å². The Balaban J connectivity index is 1.38. The van der Waals surface area contributed by atoms with E-state index < -0.39 is 0 Å². The molecule has 0 radical (unpaired) electrons. The summed E-state index contributed by atoms with van der Waals surface area (Å²) in [5, 5.41) is 16.0. The fourth-order valence-corrected chi connectivity index (χ4v) is 3.82. The van der Waals surface area contributed by atoms with E-state index in [0.717, 1.165) is 37.4 Å². The fraction of sp³-hybridized carbons (Fsp3) is 0.250. The van der Waals surface area contributed by atoms with Crippen LogP contribution in [0.25, 0.3) is 0 Å². The van der Waals surface area contributed by atoms with Crippen molar-refractivity contribution < 1.29 is 4.79 Å². The summed E-state index contributed by atoms with van der Waals surface area (Å²) in [5.74, 6) is -0.128. The number of nitrogens with one attached hydrogen (secondary N) is 2. The number of fused-ring (bicyclic) bond motifs is 1. The molecule has 26 heavy (non-hydrogen) atoms. The largest absolute Gasteiger partial charge is 0.312 e. The van der Waals surface area contributed by atoms with Gasteiger partial charge in [0.1, 0.15) is 5.01 Å². The summed E-state index contributed by atoms with van der Waals surface area (Å²) in [7, 11) is 0. The number of carbonyl (C=O) groups excluding carboxylic acids is 1. The molecule has 0 bridgehead atoms. The molecule has 6 heteroatoms. The lowest BCUT2D eigenvalue weighted by molar-refractivity contribution is 0.102. The molecule has 0 spiro atoms. The van der Waals surface area contributed by atoms with Crippen LogP contribution >= 0.6 is 11.3 Å². The highest BCUT2D eigenvalue weighted by atomic mass is 32.1. The molecule has 1 aromatic heterocycles. The van der Waals surface area contributed by atoms with Crippen LogP contribution in [-0.2, 0) is 25.8 Å². The molecule has 2 N–H and O–H groups in total. The van der Waals surface area contributed by atoms with Crippen molar-refractivity contribution in [3.63, 3.8) is 0 Å². The first-order valence-corrected chi connectivity index (χ1v) is 9.60. The number of benzene rings is 2. The molecular weight excluding hydrogens is 344 g/mol. The number of hydrogen-bond donors (Lipinski definition) is 2. The second kappa shape index (κ2) is 7.76. The first-order chi connectivity index (χ1) is 12.8. The molecule has 0 fully saturated rings. The fourth-order valence-electron chi connectivity index (χ4n) is 3.09. The third kappa shape index (κ3) is 3.98. The van der Waals surface area contributed by atoms with E-state index in [4.69, 9.17) is 0 Å². The van der Waals surface area contributed by atoms with Gasteiger partial charge in [-0.1, -0.05) is 47.7 Å². The molecule has 0 saturated carbocycles. The molecule has 1 amide bonds. The minimum Gasteiger partial charge on any atom is -0.312 e. The quantitative estimate of drug-likeness (QED) is 0.729. The van der Waals surface area contributed by atoms with Crippen molar-refractivity contribution in [2.45, 2.75) is 25.8 Å². The van der Waals surface area contributed by atoms with Crippen molar-refractivity contribution in [2.75, 3.05) is 11.9 Å². The minimum absolute atomic E-state index is 0.128. The van der Waals surface area contributed by atoms with Crippen molar-refractivity contribution in [3.05, 3.63) is 75.8 Å². The average molecular weight is 364 g/mol. The van der Waals surface area contributed by atoms with E-state index in [2.05, 4.69) is 33.0 Å². The maximum absolute atomic E-state index is 12.5. The van der Waals surface area contributed by atoms with Crippen molar-refractivity contribution in [1.29, 1.82) is 0 Å². The first kappa shape index (κ1) is 16.9. The maximum atomic E-state index is 12.5. The number of amides is 1. The normalized spacial score (nSPS) is 13.2. The molecule has 0 saturated heterocycles. The Hall–Kier alpha value is -2.57. The Kier molecular flexibility index (Phi) is 5.04. The van der Waals surface area contributed by atoms with Crippen LogP contribution in [0.4, 0.5) is 5.13 Å². The van der Waals surface area contributed by atoms with Gasteiger partial charge in [-0.05, 0) is 48.2 Å². The predicted octanol–water partition coefficient (Wildman–Crippen LogP) is 3.22. The van der Waals surface area contributed by atoms with Crippen LogP contribution in [-0.4, -0.2) is 22.6 Å². The van der Waals surface area contributed by atoms with Crippen LogP contribution in [0.1, 0.15) is 32.1 Å². The number of anilines is 1. The van der Waals surface area contributed by atoms with E-state index in [9.17, 15) is 4.79 Å². The van der Waals surface area contributed by atoms with Crippen molar-refractivity contribution in [2.24, 2.45) is 0 Å². The summed E-state index contributed by atoms with van der Waals surface area (Å²) in [6, 6.07) is 16.2. The summed E-state index contributed by atoms with van der Waals surface area (Å²) in [4.78, 5) is 12.5. The molecule has 132 valence electrons. The minimum atomic E-state index is -0.128. The Morgan fingerprint density at radius 2 is 1.96 bits per heavy atom. The number of rotatable bonds is 5. The monoisotopic (exact) mass is 364 g/mol. The van der Waals surface area contributed by atoms with E-state index in [0.29, 0.717) is 10.7 Å². The zero-order valence-corrected chi connectivity index (χ0v) is 15.2. The Labute approximate surface area is 156 Å². The van der Waals surface area contributed by atoms with Crippen LogP contribution in [0.3, 0.4) is 0 Å². The summed E-state index contributed by atoms with van der Waals surface area (Å²) < 4.78 is 0. The van der Waals surface area contributed by atoms with E-state index in [-0.39, 0.29) is 5.91 Å². The van der Waals surface area contributed by atoms with Crippen LogP contribution in [0.2, 0.25) is 0 Å². The van der Waals surface area contributed by atoms with Crippen molar-refractivity contribution in [1.82, 2.24) is 15.5 Å². The second-order valence-corrected chi connectivity index (χ2v) is 7.41. The van der Waals surface area contributed by atoms with Gasteiger partial charge in [0, 0.05) is 18.5 Å². The van der Waals surface area contributed by atoms with Gasteiger partial charge >= 0.3 is 0 Å². The lowest BCUT2D eigenvalue weighted by atomic mass is 9.98. The maximum Gasteiger partial charge on any atom is 0.257 e. The zero-order valence-electron chi connectivity index (χ0n) is 14.4. The lowest BCUT2D eigenvalue weighted by Gasteiger charge is -2.17. The molecular formula is C20H20N4OS. The molecule has 1 aliphatic rings. The van der Waals surface area contributed by atoms with Gasteiger partial charge in [-0.3, -0.25) is 10.1 Å². The second-order valence-electron chi connectivity index (χ2n) is 6.35. The van der Waals surface area contributed by atoms with E-state index in [1.807, 2.05) is 36.4 Å². The Morgan fingerprint density at radius 1 is 1.08 bits per heavy atom. The number of aromatic nitrogens is 2. The van der Waals surface area contributed by atoms with E-state index in [1.54, 1.807) is 0 Å². The van der Waals surface area contributed by atoms with Crippen LogP contribution in [0, 0.1) is 0 Å². The van der Waals surface area contributed by atoms with Gasteiger partial charge in [0.15, 0.2) is 0 Å². The molecule has 5 nitrogen and oxygen atoms in total. The predicted molar refractivity (Wildman–Crippen MR) is 104 cm³/mol. The van der Waals surface area contributed by atoms with Gasteiger partial charge in [-0.2, -0.15) is 0 Å². The highest BCUT2D eigenvalue weighted by Crippen LogP contribution is 2.20. The van der Waals surface area contributed by atoms with Crippen molar-refractivity contribution >= 4 is 22.4 Å². The average Bonchev–Trinajstić information content (AvgIpc) is 3.14. The SMILES string of the molecule is O=C(Nc1nnc(CCc2ccccc2)s1)c1ccc2c(c1)CCNC2. The van der Waals surface area contributed by atoms with Gasteiger partial charge in [0.2, 0.25) is 5.13 Å². The van der Waals surface area contributed by atoms with Crippen LogP contribution < -0.4 is 10.6 Å². The summed E-state index contributed by atoms with van der Waals surface area (Å²) in [6.07, 6.45) is 2.70. The standard InChI is InChI=1S/C20H20N4OS/c25-19(16-7-8-17-13-21-11-10-15(17)12-16)22-20-24-23-18(26-20)9-6-14-4-2-1-3-5-14/h1-5,7-8,12,21H,6,9-11,13H2,(H,22,24,25). The summed E-state index contributed by atoms with van der Waals surface area (Å²) >= 11 is 1.44. The number of nitrogens with zero attached hydrogens (tertiary/aromatic N) is 2. The van der Waals surface area contributed by atoms with Crippen LogP contribution in [0.15, 0.2) is 48.5 Å². The zero-order chi connectivity index (χ0) is 17.8. The Bertz CT molecular complexity index is 907. The molecule has 3 aromatic rings. The third-order valence-electron chi connectivity index (χ3n) is 4.51. The van der Waals surface area contributed by atoms with E-state index in [1.165, 1.54) is 28.0 Å². The molecule has 0 atom stereocenters. The molecule has 1 aliphatic heterocycles. The number of carbonyl (C=O) groups is 1. The molecule has 4 rings (SSSR count).